The molecule has 0 fully saturated rings. The van der Waals surface area contributed by atoms with Crippen LogP contribution in [0.3, 0.4) is 0 Å². The summed E-state index contributed by atoms with van der Waals surface area (Å²) >= 11 is 4.85. The fourth-order valence-corrected chi connectivity index (χ4v) is 9.71. The molecule has 0 atom stereocenters. The maximum absolute atomic E-state index is 9.96. The van der Waals surface area contributed by atoms with Crippen LogP contribution in [0, 0.1) is 20.8 Å². The van der Waals surface area contributed by atoms with Gasteiger partial charge in [0.25, 0.3) is 0 Å². The average Bonchev–Trinajstić information content (AvgIpc) is 4.09. The fourth-order valence-electron chi connectivity index (χ4n) is 7.98. The summed E-state index contributed by atoms with van der Waals surface area (Å²) in [6.45, 7) is 33.3. The number of nitrogens with zero attached hydrogens (tertiary/aromatic N) is 4. The van der Waals surface area contributed by atoms with Gasteiger partial charge in [-0.05, 0) is 89.7 Å². The minimum absolute atomic E-state index is 0. The van der Waals surface area contributed by atoms with E-state index in [2.05, 4.69) is 170 Å². The number of carbonyl (C=O) groups is 1. The zero-order valence-electron chi connectivity index (χ0n) is 49.3. The van der Waals surface area contributed by atoms with Gasteiger partial charge in [-0.3, -0.25) is 9.79 Å². The van der Waals surface area contributed by atoms with Crippen LogP contribution in [0.25, 0.3) is 0 Å². The van der Waals surface area contributed by atoms with Crippen LogP contribution in [0.1, 0.15) is 190 Å². The molecule has 3 aromatic carbocycles. The predicted octanol–water partition coefficient (Wildman–Crippen LogP) is 7.32. The van der Waals surface area contributed by atoms with Crippen LogP contribution in [0.5, 0.6) is 0 Å². The first-order valence-corrected chi connectivity index (χ1v) is 28.1. The summed E-state index contributed by atoms with van der Waals surface area (Å²) in [7, 11) is 39.5. The molecular weight excluding hydrogens is 983 g/mol. The van der Waals surface area contributed by atoms with Gasteiger partial charge in [0.05, 0.1) is 44.9 Å². The van der Waals surface area contributed by atoms with Gasteiger partial charge in [-0.2, -0.15) is 0 Å². The number of para-hydroxylation sites is 3. The number of benzene rings is 3. The van der Waals surface area contributed by atoms with E-state index in [4.69, 9.17) is 64.9 Å². The van der Waals surface area contributed by atoms with Crippen molar-refractivity contribution in [3.05, 3.63) is 136 Å². The number of aryl methyl sites for hydroxylation is 3. The molecule has 372 valence electrons. The first-order valence-electron chi connectivity index (χ1n) is 25.5. The maximum atomic E-state index is 9.96. The summed E-state index contributed by atoms with van der Waals surface area (Å²) in [6, 6.07) is 19.4. The molecule has 0 aliphatic heterocycles. The first kappa shape index (κ1) is 73.4. The monoisotopic (exact) mass is 1060 g/mol. The van der Waals surface area contributed by atoms with E-state index in [0.717, 1.165) is 50.6 Å². The number of aldehydes is 1. The fraction of sp³-hybridized carbons (Fsp3) is 0.431. The Morgan fingerprint density at radius 2 is 0.974 bits per heavy atom. The van der Waals surface area contributed by atoms with Crippen molar-refractivity contribution in [3.8, 4) is 0 Å². The summed E-state index contributed by atoms with van der Waals surface area (Å²) in [6.07, 6.45) is -0.233. The SMILES string of the molecule is CC(C)c1cccc(C(C)C)c1N.Cc1nc(C=Nc2c(C(C)C)cccc2C(C)C)cs1.Cc1nc(C=O)cs1.Cc1nc(CNc2c(C(C)C)cccc2C(C)C)cs1.[B].[B][B]B(B([B])[B])B(B([B])[B])B([B])[B].[H-].[Na+]. The van der Waals surface area contributed by atoms with Gasteiger partial charge in [0, 0.05) is 129 Å². The quantitative estimate of drug-likeness (QED) is 0.0430. The Bertz CT molecular complexity index is 2530. The number of carbonyl (C=O) groups excluding carboxylic acids is 1. The Balaban J connectivity index is 0. The number of aromatic nitrogens is 3. The zero-order valence-corrected chi connectivity index (χ0v) is 52.8. The van der Waals surface area contributed by atoms with E-state index in [9.17, 15) is 4.79 Å². The third-order valence-corrected chi connectivity index (χ3v) is 14.4. The van der Waals surface area contributed by atoms with Crippen molar-refractivity contribution in [2.75, 3.05) is 11.1 Å². The number of rotatable bonds is 17. The van der Waals surface area contributed by atoms with Crippen LogP contribution in [0.2, 0.25) is 0 Å². The molecule has 25 heteroatoms. The van der Waals surface area contributed by atoms with Gasteiger partial charge in [-0.25, -0.2) is 15.0 Å². The minimum Gasteiger partial charge on any atom is -1.00 e. The number of hydrogen-bond acceptors (Lipinski definition) is 10. The molecule has 0 aliphatic carbocycles. The molecule has 6 aromatic rings. The molecule has 18 radical (unpaired) electrons. The molecule has 6 rings (SSSR count). The van der Waals surface area contributed by atoms with Gasteiger partial charge >= 0.3 is 29.6 Å². The molecule has 0 aliphatic rings. The van der Waals surface area contributed by atoms with E-state index in [1.165, 1.54) is 57.5 Å². The smallest absolute Gasteiger partial charge is 1.00 e. The van der Waals surface area contributed by atoms with Gasteiger partial charge < -0.3 is 12.5 Å². The molecule has 0 saturated carbocycles. The minimum atomic E-state index is -0.695. The van der Waals surface area contributed by atoms with Gasteiger partial charge in [0.1, 0.15) is 5.69 Å². The standard InChI is InChI=1S/C17H24N2S.C17H22N2S.C12H19N.C5H5NOS.B13.B.Na.H/c2*1-11(2)15-7-6-8-16(12(3)4)17(15)18-9-14-10-20-13(5)19-14;1-8(2)10-6-5-7-11(9(3)4)12(10)13;1-4-6-5(2-7)3-8-4;1-8-12(9(2)3)13(10(4)5)11(6)7;;;/h6-8,10-12,18H,9H2,1-5H3;6-12H,1-5H3;5-9H,13H2,1-4H3;2-3H,1H3;;;;/q;;;;;;+1;-1. The Labute approximate surface area is 509 Å². The van der Waals surface area contributed by atoms with Crippen molar-refractivity contribution >= 4 is 165 Å². The molecule has 3 N–H and O–H groups in total. The normalized spacial score (nSPS) is 10.5. The first-order chi connectivity index (χ1) is 34.7. The number of nitrogens with one attached hydrogen (secondary N) is 1. The molecule has 0 spiro atoms. The van der Waals surface area contributed by atoms with Crippen LogP contribution in [-0.2, 0) is 6.54 Å². The van der Waals surface area contributed by atoms with Crippen molar-refractivity contribution in [1.82, 2.24) is 15.0 Å². The molecular formula is C51H71B14N6NaOS3. The van der Waals surface area contributed by atoms with Crippen LogP contribution in [-0.4, -0.2) is 129 Å². The summed E-state index contributed by atoms with van der Waals surface area (Å²) in [5.41, 5.74) is 20.0. The topological polar surface area (TPSA) is 106 Å². The van der Waals surface area contributed by atoms with E-state index in [0.29, 0.717) is 41.2 Å². The van der Waals surface area contributed by atoms with Crippen molar-refractivity contribution in [2.45, 2.75) is 146 Å². The second-order valence-electron chi connectivity index (χ2n) is 20.1. The van der Waals surface area contributed by atoms with E-state index in [-0.39, 0.29) is 45.8 Å². The van der Waals surface area contributed by atoms with E-state index in [1.807, 2.05) is 25.4 Å². The molecule has 3 aromatic heterocycles. The maximum Gasteiger partial charge on any atom is 1.00 e. The number of nitrogens with two attached hydrogens (primary N) is 1. The molecule has 0 amide bonds. The molecule has 76 heavy (non-hydrogen) atoms. The Morgan fingerprint density at radius 1 is 0.605 bits per heavy atom. The molecule has 3 heterocycles. The molecule has 0 unspecified atom stereocenters. The van der Waals surface area contributed by atoms with E-state index < -0.39 is 25.5 Å². The number of hydrogen-bond donors (Lipinski definition) is 2. The van der Waals surface area contributed by atoms with Crippen LogP contribution >= 0.6 is 34.0 Å². The number of anilines is 2. The zero-order chi connectivity index (χ0) is 56.0. The van der Waals surface area contributed by atoms with Crippen LogP contribution in [0.15, 0.2) is 75.7 Å². The Morgan fingerprint density at radius 3 is 1.26 bits per heavy atom. The number of aliphatic imine (C=N–C) groups is 1. The van der Waals surface area contributed by atoms with Crippen molar-refractivity contribution < 1.29 is 35.8 Å². The van der Waals surface area contributed by atoms with E-state index >= 15 is 0 Å². The summed E-state index contributed by atoms with van der Waals surface area (Å²) in [4.78, 5) is 27.6. The molecule has 0 saturated heterocycles. The number of thiazole rings is 3. The van der Waals surface area contributed by atoms with Crippen molar-refractivity contribution in [3.63, 3.8) is 0 Å². The van der Waals surface area contributed by atoms with Gasteiger partial charge in [0.2, 0.25) is 0 Å². The summed E-state index contributed by atoms with van der Waals surface area (Å²) in [5, 5.41) is 12.7. The summed E-state index contributed by atoms with van der Waals surface area (Å²) in [5.74, 6) is 3.01. The van der Waals surface area contributed by atoms with Crippen LogP contribution in [0.4, 0.5) is 17.1 Å². The predicted molar refractivity (Wildman–Crippen MR) is 350 cm³/mol. The van der Waals surface area contributed by atoms with Gasteiger partial charge in [-0.1, -0.05) is 138 Å². The summed E-state index contributed by atoms with van der Waals surface area (Å²) < 4.78 is 0. The third kappa shape index (κ3) is 24.4. The van der Waals surface area contributed by atoms with Gasteiger partial charge in [-0.15, -0.1) is 34.0 Å². The second kappa shape index (κ2) is 37.4. The largest absolute Gasteiger partial charge is 1.00 e. The van der Waals surface area contributed by atoms with Crippen LogP contribution < -0.4 is 40.6 Å². The van der Waals surface area contributed by atoms with Gasteiger partial charge in [0.15, 0.2) is 6.29 Å². The molecule has 0 bridgehead atoms. The number of nitrogen functional groups attached to an aromatic ring is 1. The average molecular weight is 1050 g/mol. The third-order valence-electron chi connectivity index (χ3n) is 12.0. The molecule has 7 nitrogen and oxygen atoms in total. The Kier molecular flexibility index (Phi) is 36.1. The second-order valence-corrected chi connectivity index (χ2v) is 23.3. The van der Waals surface area contributed by atoms with Crippen molar-refractivity contribution in [2.24, 2.45) is 4.99 Å². The Hall–Kier alpha value is -2.60. The van der Waals surface area contributed by atoms with Crippen molar-refractivity contribution in [1.29, 1.82) is 0 Å². The van der Waals surface area contributed by atoms with E-state index in [1.54, 1.807) is 28.1 Å².